The molecule has 0 saturated carbocycles. The number of nitrogens with one attached hydrogen (secondary N) is 1. The van der Waals surface area contributed by atoms with Gasteiger partial charge in [-0.05, 0) is 50.9 Å². The van der Waals surface area contributed by atoms with Crippen LogP contribution in [0.1, 0.15) is 35.4 Å². The molecule has 1 aromatic carbocycles. The van der Waals surface area contributed by atoms with Gasteiger partial charge in [-0.25, -0.2) is 8.42 Å². The second kappa shape index (κ2) is 9.05. The number of sulfonamides is 1. The molecule has 1 aromatic heterocycles. The molecule has 4 rings (SSSR count). The number of ether oxygens (including phenoxy) is 1. The molecule has 164 valence electrons. The van der Waals surface area contributed by atoms with Crippen LogP contribution in [0.15, 0.2) is 27.5 Å². The minimum Gasteiger partial charge on any atom is -0.451 e. The van der Waals surface area contributed by atoms with Crippen molar-refractivity contribution >= 4 is 26.9 Å². The normalized spacial score (nSPS) is 18.8. The maximum Gasteiger partial charge on any atom is 0.287 e. The van der Waals surface area contributed by atoms with Crippen LogP contribution >= 0.6 is 0 Å². The fourth-order valence-electron chi connectivity index (χ4n) is 4.06. The molecule has 0 unspecified atom stereocenters. The molecule has 0 atom stereocenters. The molecule has 30 heavy (non-hydrogen) atoms. The van der Waals surface area contributed by atoms with Gasteiger partial charge in [0.15, 0.2) is 5.76 Å². The van der Waals surface area contributed by atoms with Gasteiger partial charge in [0, 0.05) is 43.7 Å². The standard InChI is InChI=1S/C21H29N3O5S/c1-16-18-15-17(30(26,27)24-9-2-3-10-24)5-6-19(18)29-20(16)21(25)22-7-4-8-23-11-13-28-14-12-23/h5-6,15H,2-4,7-14H2,1H3,(H,22,25). The van der Waals surface area contributed by atoms with Gasteiger partial charge in [-0.3, -0.25) is 9.69 Å². The maximum atomic E-state index is 12.8. The monoisotopic (exact) mass is 435 g/mol. The Balaban J connectivity index is 1.43. The Morgan fingerprint density at radius 3 is 2.60 bits per heavy atom. The Kier molecular flexibility index (Phi) is 6.43. The molecule has 2 saturated heterocycles. The molecule has 0 spiro atoms. The SMILES string of the molecule is Cc1c(C(=O)NCCCN2CCOCC2)oc2ccc(S(=O)(=O)N3CCCC3)cc12. The van der Waals surface area contributed by atoms with Crippen molar-refractivity contribution in [2.75, 3.05) is 52.5 Å². The Morgan fingerprint density at radius 2 is 1.87 bits per heavy atom. The quantitative estimate of drug-likeness (QED) is 0.669. The summed E-state index contributed by atoms with van der Waals surface area (Å²) in [5.74, 6) is -0.0262. The number of rotatable bonds is 7. The summed E-state index contributed by atoms with van der Waals surface area (Å²) in [6.07, 6.45) is 2.63. The summed E-state index contributed by atoms with van der Waals surface area (Å²) >= 11 is 0. The highest BCUT2D eigenvalue weighted by Crippen LogP contribution is 2.29. The van der Waals surface area contributed by atoms with Crippen molar-refractivity contribution in [1.29, 1.82) is 0 Å². The summed E-state index contributed by atoms with van der Waals surface area (Å²) in [6.45, 7) is 7.77. The number of hydrogen-bond acceptors (Lipinski definition) is 6. The third kappa shape index (κ3) is 4.39. The van der Waals surface area contributed by atoms with E-state index in [0.717, 1.165) is 52.1 Å². The lowest BCUT2D eigenvalue weighted by Gasteiger charge is -2.26. The van der Waals surface area contributed by atoms with Crippen LogP contribution in [-0.2, 0) is 14.8 Å². The van der Waals surface area contributed by atoms with E-state index in [4.69, 9.17) is 9.15 Å². The fraction of sp³-hybridized carbons (Fsp3) is 0.571. The van der Waals surface area contributed by atoms with Crippen molar-refractivity contribution in [3.8, 4) is 0 Å². The first-order valence-electron chi connectivity index (χ1n) is 10.6. The van der Waals surface area contributed by atoms with Crippen molar-refractivity contribution in [3.63, 3.8) is 0 Å². The first kappa shape index (κ1) is 21.3. The Morgan fingerprint density at radius 1 is 1.13 bits per heavy atom. The molecule has 2 aliphatic rings. The van der Waals surface area contributed by atoms with Crippen molar-refractivity contribution < 1.29 is 22.4 Å². The van der Waals surface area contributed by atoms with Crippen LogP contribution in [0.3, 0.4) is 0 Å². The Labute approximate surface area is 177 Å². The van der Waals surface area contributed by atoms with E-state index < -0.39 is 10.0 Å². The maximum absolute atomic E-state index is 12.8. The largest absolute Gasteiger partial charge is 0.451 e. The van der Waals surface area contributed by atoms with Gasteiger partial charge < -0.3 is 14.5 Å². The minimum absolute atomic E-state index is 0.243. The lowest BCUT2D eigenvalue weighted by molar-refractivity contribution is 0.0374. The summed E-state index contributed by atoms with van der Waals surface area (Å²) in [6, 6.07) is 4.82. The minimum atomic E-state index is -3.51. The second-order valence-corrected chi connectivity index (χ2v) is 9.83. The van der Waals surface area contributed by atoms with Crippen LogP contribution in [0.2, 0.25) is 0 Å². The molecule has 9 heteroatoms. The van der Waals surface area contributed by atoms with Gasteiger partial charge in [0.1, 0.15) is 5.58 Å². The van der Waals surface area contributed by atoms with E-state index in [0.29, 0.717) is 36.2 Å². The smallest absolute Gasteiger partial charge is 0.287 e. The third-order valence-electron chi connectivity index (χ3n) is 5.86. The predicted octanol–water partition coefficient (Wildman–Crippen LogP) is 1.98. The molecule has 2 fully saturated rings. The van der Waals surface area contributed by atoms with Crippen LogP contribution in [-0.4, -0.2) is 76.0 Å². The van der Waals surface area contributed by atoms with Gasteiger partial charge in [0.25, 0.3) is 5.91 Å². The Hall–Kier alpha value is -1.94. The van der Waals surface area contributed by atoms with E-state index in [-0.39, 0.29) is 16.6 Å². The molecule has 0 radical (unpaired) electrons. The molecule has 2 aromatic rings. The highest BCUT2D eigenvalue weighted by molar-refractivity contribution is 7.89. The zero-order valence-electron chi connectivity index (χ0n) is 17.4. The first-order valence-corrected chi connectivity index (χ1v) is 12.0. The number of furan rings is 1. The molecule has 8 nitrogen and oxygen atoms in total. The van der Waals surface area contributed by atoms with E-state index in [1.807, 2.05) is 0 Å². The Bertz CT molecular complexity index is 1010. The van der Waals surface area contributed by atoms with Crippen LogP contribution in [0.5, 0.6) is 0 Å². The van der Waals surface area contributed by atoms with Gasteiger partial charge >= 0.3 is 0 Å². The van der Waals surface area contributed by atoms with E-state index in [1.54, 1.807) is 25.1 Å². The van der Waals surface area contributed by atoms with Crippen molar-refractivity contribution in [1.82, 2.24) is 14.5 Å². The number of aryl methyl sites for hydroxylation is 1. The average molecular weight is 436 g/mol. The summed E-state index contributed by atoms with van der Waals surface area (Å²) in [7, 11) is -3.51. The topological polar surface area (TPSA) is 92.1 Å². The molecule has 1 N–H and O–H groups in total. The van der Waals surface area contributed by atoms with E-state index in [2.05, 4.69) is 10.2 Å². The van der Waals surface area contributed by atoms with Gasteiger partial charge in [-0.1, -0.05) is 0 Å². The van der Waals surface area contributed by atoms with Gasteiger partial charge in [0.05, 0.1) is 18.1 Å². The molecule has 0 aliphatic carbocycles. The number of nitrogens with zero attached hydrogens (tertiary/aromatic N) is 2. The van der Waals surface area contributed by atoms with Crippen LogP contribution < -0.4 is 5.32 Å². The van der Waals surface area contributed by atoms with Crippen molar-refractivity contribution in [2.24, 2.45) is 0 Å². The number of carbonyl (C=O) groups excluding carboxylic acids is 1. The molecule has 2 aliphatic heterocycles. The zero-order chi connectivity index (χ0) is 21.1. The zero-order valence-corrected chi connectivity index (χ0v) is 18.2. The molecule has 0 bridgehead atoms. The number of morpholine rings is 1. The van der Waals surface area contributed by atoms with E-state index in [9.17, 15) is 13.2 Å². The highest BCUT2D eigenvalue weighted by atomic mass is 32.2. The number of fused-ring (bicyclic) bond motifs is 1. The lowest BCUT2D eigenvalue weighted by Crippen LogP contribution is -2.38. The van der Waals surface area contributed by atoms with Crippen LogP contribution in [0.25, 0.3) is 11.0 Å². The van der Waals surface area contributed by atoms with E-state index >= 15 is 0 Å². The number of carbonyl (C=O) groups is 1. The van der Waals surface area contributed by atoms with Crippen LogP contribution in [0.4, 0.5) is 0 Å². The number of benzene rings is 1. The summed E-state index contributed by atoms with van der Waals surface area (Å²) in [4.78, 5) is 15.2. The third-order valence-corrected chi connectivity index (χ3v) is 7.75. The number of hydrogen-bond donors (Lipinski definition) is 1. The molecule has 3 heterocycles. The summed E-state index contributed by atoms with van der Waals surface area (Å²) in [5.41, 5.74) is 1.18. The fourth-order valence-corrected chi connectivity index (χ4v) is 5.61. The first-order chi connectivity index (χ1) is 14.5. The lowest BCUT2D eigenvalue weighted by atomic mass is 10.1. The van der Waals surface area contributed by atoms with Crippen LogP contribution in [0, 0.1) is 6.92 Å². The summed E-state index contributed by atoms with van der Waals surface area (Å²) < 4.78 is 38.3. The molecule has 1 amide bonds. The van der Waals surface area contributed by atoms with Crippen molar-refractivity contribution in [2.45, 2.75) is 31.1 Å². The van der Waals surface area contributed by atoms with Gasteiger partial charge in [0.2, 0.25) is 10.0 Å². The second-order valence-electron chi connectivity index (χ2n) is 7.89. The highest BCUT2D eigenvalue weighted by Gasteiger charge is 2.28. The van der Waals surface area contributed by atoms with Crippen molar-refractivity contribution in [3.05, 3.63) is 29.5 Å². The summed E-state index contributed by atoms with van der Waals surface area (Å²) in [5, 5.41) is 3.57. The van der Waals surface area contributed by atoms with Gasteiger partial charge in [-0.2, -0.15) is 4.31 Å². The predicted molar refractivity (Wildman–Crippen MR) is 113 cm³/mol. The van der Waals surface area contributed by atoms with E-state index in [1.165, 1.54) is 4.31 Å². The molecular formula is C21H29N3O5S. The van der Waals surface area contributed by atoms with Gasteiger partial charge in [-0.15, -0.1) is 0 Å². The average Bonchev–Trinajstić information content (AvgIpc) is 3.41. The molecular weight excluding hydrogens is 406 g/mol. The number of amides is 1.